The fourth-order valence-electron chi connectivity index (χ4n) is 2.35. The van der Waals surface area contributed by atoms with Crippen molar-refractivity contribution in [2.24, 2.45) is 0 Å². The summed E-state index contributed by atoms with van der Waals surface area (Å²) in [6.07, 6.45) is 2.06. The Hall–Kier alpha value is -2.04. The van der Waals surface area contributed by atoms with Gasteiger partial charge >= 0.3 is 0 Å². The molecule has 1 fully saturated rings. The van der Waals surface area contributed by atoms with Gasteiger partial charge in [0, 0.05) is 18.7 Å². The number of nitrogens with one attached hydrogen (secondary N) is 1. The van der Waals surface area contributed by atoms with Gasteiger partial charge in [0.15, 0.2) is 0 Å². The number of nitrogens with zero attached hydrogens (tertiary/aromatic N) is 1. The molecule has 1 atom stereocenters. The maximum absolute atomic E-state index is 12.1. The number of aromatic hydroxyl groups is 1. The molecule has 0 spiro atoms. The number of phenolic OH excluding ortho intramolecular Hbond substituents is 1. The molecule has 20 heavy (non-hydrogen) atoms. The summed E-state index contributed by atoms with van der Waals surface area (Å²) in [5.41, 5.74) is 1.08. The Morgan fingerprint density at radius 3 is 2.55 bits per heavy atom. The van der Waals surface area contributed by atoms with E-state index < -0.39 is 6.04 Å². The van der Waals surface area contributed by atoms with E-state index in [9.17, 15) is 14.7 Å². The maximum atomic E-state index is 12.1. The summed E-state index contributed by atoms with van der Waals surface area (Å²) < 4.78 is 0. The van der Waals surface area contributed by atoms with E-state index in [1.54, 1.807) is 30.9 Å². The van der Waals surface area contributed by atoms with Gasteiger partial charge in [-0.2, -0.15) is 0 Å². The molecule has 2 amide bonds. The van der Waals surface area contributed by atoms with Crippen molar-refractivity contribution in [2.75, 3.05) is 13.1 Å². The molecule has 1 aromatic carbocycles. The Balaban J connectivity index is 1.99. The van der Waals surface area contributed by atoms with Crippen molar-refractivity contribution in [3.05, 3.63) is 29.3 Å². The Kier molecular flexibility index (Phi) is 4.27. The van der Waals surface area contributed by atoms with Crippen molar-refractivity contribution in [2.45, 2.75) is 32.7 Å². The van der Waals surface area contributed by atoms with Gasteiger partial charge in [0.2, 0.25) is 5.91 Å². The molecule has 5 nitrogen and oxygen atoms in total. The first kappa shape index (κ1) is 14.4. The van der Waals surface area contributed by atoms with Gasteiger partial charge in [0.05, 0.1) is 0 Å². The Labute approximate surface area is 118 Å². The van der Waals surface area contributed by atoms with Crippen molar-refractivity contribution >= 4 is 11.8 Å². The van der Waals surface area contributed by atoms with Crippen LogP contribution in [0.3, 0.4) is 0 Å². The van der Waals surface area contributed by atoms with E-state index in [-0.39, 0.29) is 17.6 Å². The van der Waals surface area contributed by atoms with Gasteiger partial charge in [0.25, 0.3) is 5.91 Å². The van der Waals surface area contributed by atoms with Crippen LogP contribution in [0.25, 0.3) is 0 Å². The average Bonchev–Trinajstić information content (AvgIpc) is 2.94. The minimum absolute atomic E-state index is 0.0358. The van der Waals surface area contributed by atoms with Gasteiger partial charge in [-0.25, -0.2) is 0 Å². The molecule has 2 N–H and O–H groups in total. The lowest BCUT2D eigenvalue weighted by molar-refractivity contribution is -0.131. The third-order valence-electron chi connectivity index (χ3n) is 3.59. The van der Waals surface area contributed by atoms with Crippen molar-refractivity contribution in [3.63, 3.8) is 0 Å². The molecular formula is C15H20N2O3. The first-order chi connectivity index (χ1) is 9.49. The highest BCUT2D eigenvalue weighted by Crippen LogP contribution is 2.17. The lowest BCUT2D eigenvalue weighted by Crippen LogP contribution is -2.45. The zero-order valence-electron chi connectivity index (χ0n) is 11.8. The molecule has 1 unspecified atom stereocenters. The highest BCUT2D eigenvalue weighted by molar-refractivity contribution is 5.97. The van der Waals surface area contributed by atoms with Gasteiger partial charge in [-0.1, -0.05) is 0 Å². The van der Waals surface area contributed by atoms with Gasteiger partial charge in [-0.3, -0.25) is 9.59 Å². The predicted molar refractivity (Wildman–Crippen MR) is 75.6 cm³/mol. The van der Waals surface area contributed by atoms with E-state index in [1.807, 2.05) is 0 Å². The first-order valence-electron chi connectivity index (χ1n) is 6.88. The fourth-order valence-corrected chi connectivity index (χ4v) is 2.35. The minimum atomic E-state index is -0.533. The predicted octanol–water partition coefficient (Wildman–Crippen LogP) is 1.44. The van der Waals surface area contributed by atoms with Gasteiger partial charge in [-0.15, -0.1) is 0 Å². The average molecular weight is 276 g/mol. The van der Waals surface area contributed by atoms with E-state index in [4.69, 9.17) is 0 Å². The van der Waals surface area contributed by atoms with Crippen LogP contribution in [0.4, 0.5) is 0 Å². The smallest absolute Gasteiger partial charge is 0.251 e. The number of hydrogen-bond donors (Lipinski definition) is 2. The second kappa shape index (κ2) is 5.94. The molecule has 1 heterocycles. The van der Waals surface area contributed by atoms with Gasteiger partial charge in [0.1, 0.15) is 11.8 Å². The summed E-state index contributed by atoms with van der Waals surface area (Å²) >= 11 is 0. The molecule has 0 bridgehead atoms. The SMILES string of the molecule is Cc1cc(C(=O)NC(C)C(=O)N2CCCC2)ccc1O. The number of likely N-dealkylation sites (tertiary alicyclic amines) is 1. The number of amides is 2. The Bertz CT molecular complexity index is 522. The second-order valence-electron chi connectivity index (χ2n) is 5.23. The van der Waals surface area contributed by atoms with E-state index >= 15 is 0 Å². The first-order valence-corrected chi connectivity index (χ1v) is 6.88. The third-order valence-corrected chi connectivity index (χ3v) is 3.59. The van der Waals surface area contributed by atoms with Crippen LogP contribution in [0.2, 0.25) is 0 Å². The van der Waals surface area contributed by atoms with Crippen LogP contribution in [0.5, 0.6) is 5.75 Å². The van der Waals surface area contributed by atoms with Crippen molar-refractivity contribution in [1.82, 2.24) is 10.2 Å². The Morgan fingerprint density at radius 2 is 1.95 bits per heavy atom. The molecule has 1 aromatic rings. The molecule has 0 aromatic heterocycles. The molecular weight excluding hydrogens is 256 g/mol. The maximum Gasteiger partial charge on any atom is 0.251 e. The number of hydrogen-bond acceptors (Lipinski definition) is 3. The standard InChI is InChI=1S/C15H20N2O3/c1-10-9-12(5-6-13(10)18)14(19)16-11(2)15(20)17-7-3-4-8-17/h5-6,9,11,18H,3-4,7-8H2,1-2H3,(H,16,19). The van der Waals surface area contributed by atoms with Crippen molar-refractivity contribution in [3.8, 4) is 5.75 Å². The van der Waals surface area contributed by atoms with E-state index in [2.05, 4.69) is 5.32 Å². The van der Waals surface area contributed by atoms with Crippen molar-refractivity contribution in [1.29, 1.82) is 0 Å². The van der Waals surface area contributed by atoms with E-state index in [1.165, 1.54) is 6.07 Å². The van der Waals surface area contributed by atoms with E-state index in [0.717, 1.165) is 25.9 Å². The summed E-state index contributed by atoms with van der Waals surface area (Å²) in [6, 6.07) is 4.11. The second-order valence-corrected chi connectivity index (χ2v) is 5.23. The van der Waals surface area contributed by atoms with E-state index in [0.29, 0.717) is 11.1 Å². The summed E-state index contributed by atoms with van der Waals surface area (Å²) in [5, 5.41) is 12.2. The van der Waals surface area contributed by atoms with Gasteiger partial charge in [-0.05, 0) is 50.5 Å². The van der Waals surface area contributed by atoms with Crippen LogP contribution in [0, 0.1) is 6.92 Å². The van der Waals surface area contributed by atoms with Crippen LogP contribution in [0.15, 0.2) is 18.2 Å². The topological polar surface area (TPSA) is 69.6 Å². The van der Waals surface area contributed by atoms with Crippen LogP contribution < -0.4 is 5.32 Å². The molecule has 108 valence electrons. The molecule has 1 aliphatic rings. The highest BCUT2D eigenvalue weighted by atomic mass is 16.3. The summed E-state index contributed by atoms with van der Waals surface area (Å²) in [6.45, 7) is 4.98. The third kappa shape index (κ3) is 3.10. The number of rotatable bonds is 3. The number of carbonyl (C=O) groups is 2. The molecule has 2 rings (SSSR count). The molecule has 0 saturated carbocycles. The summed E-state index contributed by atoms with van der Waals surface area (Å²) in [5.74, 6) is -0.178. The zero-order chi connectivity index (χ0) is 14.7. The number of carbonyl (C=O) groups excluding carboxylic acids is 2. The summed E-state index contributed by atoms with van der Waals surface area (Å²) in [4.78, 5) is 26.0. The fraction of sp³-hybridized carbons (Fsp3) is 0.467. The van der Waals surface area contributed by atoms with Crippen LogP contribution >= 0.6 is 0 Å². The Morgan fingerprint density at radius 1 is 1.30 bits per heavy atom. The van der Waals surface area contributed by atoms with Crippen LogP contribution in [-0.2, 0) is 4.79 Å². The van der Waals surface area contributed by atoms with Crippen LogP contribution in [-0.4, -0.2) is 41.0 Å². The normalized spacial score (nSPS) is 16.0. The molecule has 1 aliphatic heterocycles. The zero-order valence-corrected chi connectivity index (χ0v) is 11.8. The molecule has 0 radical (unpaired) electrons. The van der Waals surface area contributed by atoms with Crippen LogP contribution in [0.1, 0.15) is 35.7 Å². The van der Waals surface area contributed by atoms with Gasteiger partial charge < -0.3 is 15.3 Å². The number of benzene rings is 1. The number of phenols is 1. The number of aryl methyl sites for hydroxylation is 1. The molecule has 1 saturated heterocycles. The minimum Gasteiger partial charge on any atom is -0.508 e. The lowest BCUT2D eigenvalue weighted by Gasteiger charge is -2.21. The quantitative estimate of drug-likeness (QED) is 0.877. The largest absolute Gasteiger partial charge is 0.508 e. The highest BCUT2D eigenvalue weighted by Gasteiger charge is 2.24. The molecule has 5 heteroatoms. The lowest BCUT2D eigenvalue weighted by atomic mass is 10.1. The van der Waals surface area contributed by atoms with Crippen molar-refractivity contribution < 1.29 is 14.7 Å². The monoisotopic (exact) mass is 276 g/mol. The molecule has 0 aliphatic carbocycles. The summed E-state index contributed by atoms with van der Waals surface area (Å²) in [7, 11) is 0.